The molecule has 0 aromatic carbocycles. The van der Waals surface area contributed by atoms with Crippen molar-refractivity contribution >= 4 is 17.6 Å². The third-order valence-electron chi connectivity index (χ3n) is 2.40. The number of carbonyl (C=O) groups is 1. The molecule has 2 rings (SSSR count). The predicted octanol–water partition coefficient (Wildman–Crippen LogP) is 1.23. The van der Waals surface area contributed by atoms with Crippen LogP contribution in [0.1, 0.15) is 13.3 Å². The second-order valence-electron chi connectivity index (χ2n) is 3.71. The van der Waals surface area contributed by atoms with E-state index in [1.54, 1.807) is 13.0 Å². The number of esters is 1. The van der Waals surface area contributed by atoms with E-state index in [2.05, 4.69) is 9.97 Å². The lowest BCUT2D eigenvalue weighted by molar-refractivity contribution is -0.153. The van der Waals surface area contributed by atoms with Crippen molar-refractivity contribution in [1.82, 2.24) is 9.97 Å². The fourth-order valence-corrected chi connectivity index (χ4v) is 1.78. The predicted molar refractivity (Wildman–Crippen MR) is 62.4 cm³/mol. The number of hydrogen-bond donors (Lipinski definition) is 0. The Morgan fingerprint density at radius 1 is 1.67 bits per heavy atom. The molecule has 6 nitrogen and oxygen atoms in total. The minimum absolute atomic E-state index is 0.119. The second-order valence-corrected chi connectivity index (χ2v) is 4.05. The van der Waals surface area contributed by atoms with Crippen molar-refractivity contribution in [3.63, 3.8) is 0 Å². The molecule has 1 aliphatic rings. The van der Waals surface area contributed by atoms with Crippen molar-refractivity contribution < 1.29 is 19.0 Å². The molecular formula is C11H13ClN2O4. The van der Waals surface area contributed by atoms with Crippen LogP contribution in [0.25, 0.3) is 0 Å². The molecule has 18 heavy (non-hydrogen) atoms. The summed E-state index contributed by atoms with van der Waals surface area (Å²) in [6.45, 7) is 2.42. The molecule has 0 N–H and O–H groups in total. The molecule has 0 spiro atoms. The number of ether oxygens (including phenoxy) is 3. The highest BCUT2D eigenvalue weighted by Crippen LogP contribution is 2.20. The first-order valence-corrected chi connectivity index (χ1v) is 6.00. The summed E-state index contributed by atoms with van der Waals surface area (Å²) in [5.41, 5.74) is 0. The maximum Gasteiger partial charge on any atom is 0.335 e. The van der Waals surface area contributed by atoms with Gasteiger partial charge in [-0.25, -0.2) is 9.78 Å². The normalized spacial score (nSPS) is 22.8. The lowest BCUT2D eigenvalue weighted by Crippen LogP contribution is -2.23. The third kappa shape index (κ3) is 3.30. The van der Waals surface area contributed by atoms with Crippen molar-refractivity contribution in [1.29, 1.82) is 0 Å². The number of carbonyl (C=O) groups excluding carboxylic acids is 1. The average Bonchev–Trinajstić information content (AvgIpc) is 2.78. The van der Waals surface area contributed by atoms with Crippen molar-refractivity contribution in [3.8, 4) is 5.88 Å². The first-order chi connectivity index (χ1) is 8.69. The molecule has 0 amide bonds. The van der Waals surface area contributed by atoms with Crippen LogP contribution in [0.2, 0.25) is 5.28 Å². The van der Waals surface area contributed by atoms with Gasteiger partial charge in [-0.15, -0.1) is 0 Å². The van der Waals surface area contributed by atoms with Gasteiger partial charge in [0.2, 0.25) is 11.2 Å². The van der Waals surface area contributed by atoms with E-state index in [0.717, 1.165) is 0 Å². The zero-order chi connectivity index (χ0) is 13.0. The highest BCUT2D eigenvalue weighted by atomic mass is 35.5. The van der Waals surface area contributed by atoms with Crippen molar-refractivity contribution in [2.45, 2.75) is 25.6 Å². The number of halogens is 1. The SMILES string of the molecule is CCOC(=O)[C@H]1C[C@H](Oc2ccnc(Cl)n2)CO1. The second kappa shape index (κ2) is 5.97. The molecule has 1 aliphatic heterocycles. The summed E-state index contributed by atoms with van der Waals surface area (Å²) in [6, 6.07) is 1.60. The van der Waals surface area contributed by atoms with Crippen LogP contribution in [0.15, 0.2) is 12.3 Å². The number of aromatic nitrogens is 2. The minimum Gasteiger partial charge on any atom is -0.472 e. The molecule has 0 radical (unpaired) electrons. The maximum atomic E-state index is 11.4. The van der Waals surface area contributed by atoms with E-state index >= 15 is 0 Å². The number of nitrogens with zero attached hydrogens (tertiary/aromatic N) is 2. The van der Waals surface area contributed by atoms with Crippen LogP contribution in [0.4, 0.5) is 0 Å². The average molecular weight is 273 g/mol. The standard InChI is InChI=1S/C11H13ClN2O4/c1-2-16-10(15)8-5-7(6-17-8)18-9-3-4-13-11(12)14-9/h3-4,7-8H,2,5-6H2,1H3/t7-,8+/m0/s1. The number of rotatable bonds is 4. The largest absolute Gasteiger partial charge is 0.472 e. The molecular weight excluding hydrogens is 260 g/mol. The van der Waals surface area contributed by atoms with Gasteiger partial charge >= 0.3 is 5.97 Å². The van der Waals surface area contributed by atoms with Gasteiger partial charge in [-0.3, -0.25) is 0 Å². The molecule has 2 atom stereocenters. The monoisotopic (exact) mass is 272 g/mol. The van der Waals surface area contributed by atoms with Gasteiger partial charge in [0.25, 0.3) is 0 Å². The van der Waals surface area contributed by atoms with E-state index < -0.39 is 6.10 Å². The van der Waals surface area contributed by atoms with Gasteiger partial charge < -0.3 is 14.2 Å². The zero-order valence-electron chi connectivity index (χ0n) is 9.84. The maximum absolute atomic E-state index is 11.4. The topological polar surface area (TPSA) is 70.5 Å². The van der Waals surface area contributed by atoms with E-state index in [4.69, 9.17) is 25.8 Å². The lowest BCUT2D eigenvalue weighted by Gasteiger charge is -2.10. The highest BCUT2D eigenvalue weighted by molar-refractivity contribution is 6.28. The van der Waals surface area contributed by atoms with E-state index in [-0.39, 0.29) is 17.4 Å². The Labute approximate surface area is 109 Å². The molecule has 7 heteroatoms. The quantitative estimate of drug-likeness (QED) is 0.606. The summed E-state index contributed by atoms with van der Waals surface area (Å²) in [5.74, 6) is 0.0115. The fourth-order valence-electron chi connectivity index (χ4n) is 1.64. The molecule has 1 aromatic rings. The van der Waals surface area contributed by atoms with E-state index in [0.29, 0.717) is 25.5 Å². The van der Waals surface area contributed by atoms with Gasteiger partial charge in [0, 0.05) is 18.7 Å². The first-order valence-electron chi connectivity index (χ1n) is 5.62. The summed E-state index contributed by atoms with van der Waals surface area (Å²) in [4.78, 5) is 19.1. The molecule has 0 unspecified atom stereocenters. The summed E-state index contributed by atoms with van der Waals surface area (Å²) in [5, 5.41) is 0.119. The fraction of sp³-hybridized carbons (Fsp3) is 0.545. The van der Waals surface area contributed by atoms with Crippen LogP contribution in [0.3, 0.4) is 0 Å². The van der Waals surface area contributed by atoms with Crippen LogP contribution >= 0.6 is 11.6 Å². The van der Waals surface area contributed by atoms with Crippen molar-refractivity contribution in [3.05, 3.63) is 17.5 Å². The smallest absolute Gasteiger partial charge is 0.335 e. The molecule has 1 saturated heterocycles. The summed E-state index contributed by atoms with van der Waals surface area (Å²) < 4.78 is 15.7. The van der Waals surface area contributed by atoms with Crippen LogP contribution < -0.4 is 4.74 Å². The van der Waals surface area contributed by atoms with E-state index in [1.165, 1.54) is 6.20 Å². The third-order valence-corrected chi connectivity index (χ3v) is 2.58. The van der Waals surface area contributed by atoms with Gasteiger partial charge in [-0.2, -0.15) is 4.98 Å². The Bertz CT molecular complexity index is 429. The Hall–Kier alpha value is -1.40. The van der Waals surface area contributed by atoms with Crippen molar-refractivity contribution in [2.75, 3.05) is 13.2 Å². The van der Waals surface area contributed by atoms with Gasteiger partial charge in [0.15, 0.2) is 6.10 Å². The van der Waals surface area contributed by atoms with Crippen LogP contribution in [-0.2, 0) is 14.3 Å². The molecule has 1 fully saturated rings. The Morgan fingerprint density at radius 2 is 2.50 bits per heavy atom. The highest BCUT2D eigenvalue weighted by Gasteiger charge is 2.33. The van der Waals surface area contributed by atoms with E-state index in [9.17, 15) is 4.79 Å². The minimum atomic E-state index is -0.563. The van der Waals surface area contributed by atoms with Gasteiger partial charge in [0.1, 0.15) is 6.10 Å². The molecule has 0 saturated carbocycles. The molecule has 98 valence electrons. The Morgan fingerprint density at radius 3 is 3.22 bits per heavy atom. The van der Waals surface area contributed by atoms with Gasteiger partial charge in [-0.05, 0) is 18.5 Å². The molecule has 2 heterocycles. The first kappa shape index (κ1) is 13.0. The van der Waals surface area contributed by atoms with E-state index in [1.807, 2.05) is 0 Å². The summed E-state index contributed by atoms with van der Waals surface area (Å²) in [7, 11) is 0. The lowest BCUT2D eigenvalue weighted by atomic mass is 10.2. The zero-order valence-corrected chi connectivity index (χ0v) is 10.6. The number of hydrogen-bond acceptors (Lipinski definition) is 6. The Kier molecular flexibility index (Phi) is 4.33. The van der Waals surface area contributed by atoms with Crippen LogP contribution in [0.5, 0.6) is 5.88 Å². The summed E-state index contributed by atoms with van der Waals surface area (Å²) in [6.07, 6.45) is 1.15. The van der Waals surface area contributed by atoms with Crippen LogP contribution in [-0.4, -0.2) is 41.4 Å². The van der Waals surface area contributed by atoms with Gasteiger partial charge in [-0.1, -0.05) is 0 Å². The van der Waals surface area contributed by atoms with Crippen molar-refractivity contribution in [2.24, 2.45) is 0 Å². The van der Waals surface area contributed by atoms with Gasteiger partial charge in [0.05, 0.1) is 13.2 Å². The Balaban J connectivity index is 1.88. The molecule has 0 aliphatic carbocycles. The molecule has 1 aromatic heterocycles. The molecule has 0 bridgehead atoms. The summed E-state index contributed by atoms with van der Waals surface area (Å²) >= 11 is 5.64. The van der Waals surface area contributed by atoms with Crippen LogP contribution in [0, 0.1) is 0 Å².